The number of aromatic nitrogens is 6. The third-order valence-corrected chi connectivity index (χ3v) is 6.45. The molecule has 29 heavy (non-hydrogen) atoms. The summed E-state index contributed by atoms with van der Waals surface area (Å²) in [6.45, 7) is 3.60. The Morgan fingerprint density at radius 1 is 1.24 bits per heavy atom. The summed E-state index contributed by atoms with van der Waals surface area (Å²) >= 11 is 2.66. The second-order valence-corrected chi connectivity index (χ2v) is 8.55. The molecule has 7 nitrogen and oxygen atoms in total. The molecular weight excluding hydrogens is 418 g/mol. The molecule has 1 N–H and O–H groups in total. The number of pyridine rings is 1. The fraction of sp³-hybridized carbons (Fsp3) is 0.278. The normalized spacial score (nSPS) is 13.6. The number of aliphatic hydroxyl groups is 1. The van der Waals surface area contributed by atoms with Crippen LogP contribution in [0.15, 0.2) is 29.9 Å². The van der Waals surface area contributed by atoms with Crippen LogP contribution in [0.1, 0.15) is 39.0 Å². The number of halogens is 2. The van der Waals surface area contributed by atoms with Crippen molar-refractivity contribution in [3.63, 3.8) is 0 Å². The molecule has 0 aliphatic rings. The van der Waals surface area contributed by atoms with Crippen molar-refractivity contribution in [2.24, 2.45) is 0 Å². The zero-order valence-corrected chi connectivity index (χ0v) is 17.1. The second kappa shape index (κ2) is 7.65. The highest BCUT2D eigenvalue weighted by atomic mass is 32.1. The lowest BCUT2D eigenvalue weighted by Crippen LogP contribution is -2.22. The van der Waals surface area contributed by atoms with Crippen LogP contribution in [0.25, 0.3) is 0 Å². The van der Waals surface area contributed by atoms with E-state index < -0.39 is 17.2 Å². The molecule has 1 unspecified atom stereocenters. The molecule has 0 aromatic carbocycles. The Morgan fingerprint density at radius 2 is 2.07 bits per heavy atom. The summed E-state index contributed by atoms with van der Waals surface area (Å²) in [6, 6.07) is 2.58. The molecule has 0 bridgehead atoms. The predicted octanol–water partition coefficient (Wildman–Crippen LogP) is 3.07. The van der Waals surface area contributed by atoms with Crippen molar-refractivity contribution in [2.45, 2.75) is 32.4 Å². The van der Waals surface area contributed by atoms with E-state index in [1.165, 1.54) is 27.4 Å². The number of hydrogen-bond donors (Lipinski definition) is 1. The van der Waals surface area contributed by atoms with Gasteiger partial charge in [0.1, 0.15) is 21.6 Å². The fourth-order valence-electron chi connectivity index (χ4n) is 2.64. The van der Waals surface area contributed by atoms with E-state index in [4.69, 9.17) is 0 Å². The maximum Gasteiger partial charge on any atom is 0.166 e. The van der Waals surface area contributed by atoms with Crippen LogP contribution in [0, 0.1) is 18.6 Å². The van der Waals surface area contributed by atoms with Crippen LogP contribution in [0.5, 0.6) is 0 Å². The third kappa shape index (κ3) is 4.21. The van der Waals surface area contributed by atoms with E-state index in [9.17, 15) is 13.9 Å². The Labute approximate surface area is 172 Å². The maximum absolute atomic E-state index is 13.8. The number of thiazole rings is 1. The van der Waals surface area contributed by atoms with Crippen molar-refractivity contribution in [3.8, 4) is 0 Å². The van der Waals surface area contributed by atoms with Crippen molar-refractivity contribution in [1.29, 1.82) is 0 Å². The Bertz CT molecular complexity index is 1150. The van der Waals surface area contributed by atoms with Gasteiger partial charge in [-0.1, -0.05) is 11.3 Å². The highest BCUT2D eigenvalue weighted by Gasteiger charge is 2.33. The molecule has 4 rings (SSSR count). The summed E-state index contributed by atoms with van der Waals surface area (Å²) in [5.41, 5.74) is 0.349. The molecule has 0 radical (unpaired) electrons. The molecule has 11 heteroatoms. The lowest BCUT2D eigenvalue weighted by atomic mass is 10.1. The van der Waals surface area contributed by atoms with Gasteiger partial charge < -0.3 is 5.11 Å². The molecule has 0 saturated heterocycles. The lowest BCUT2D eigenvalue weighted by molar-refractivity contribution is 0.101. The first-order valence-electron chi connectivity index (χ1n) is 8.61. The average molecular weight is 434 g/mol. The van der Waals surface area contributed by atoms with Gasteiger partial charge in [-0.2, -0.15) is 5.10 Å². The zero-order valence-electron chi connectivity index (χ0n) is 15.5. The molecule has 0 aliphatic carbocycles. The van der Waals surface area contributed by atoms with E-state index >= 15 is 0 Å². The minimum Gasteiger partial charge on any atom is -0.376 e. The van der Waals surface area contributed by atoms with Crippen LogP contribution in [0.4, 0.5) is 8.78 Å². The first-order chi connectivity index (χ1) is 13.8. The summed E-state index contributed by atoms with van der Waals surface area (Å²) in [5.74, 6) is -1.43. The summed E-state index contributed by atoms with van der Waals surface area (Å²) in [6.07, 6.45) is 3.08. The maximum atomic E-state index is 13.8. The highest BCUT2D eigenvalue weighted by molar-refractivity contribution is 7.12. The first kappa shape index (κ1) is 19.7. The van der Waals surface area contributed by atoms with E-state index in [0.717, 1.165) is 18.0 Å². The smallest absolute Gasteiger partial charge is 0.166 e. The third-order valence-electron chi connectivity index (χ3n) is 4.14. The second-order valence-electron chi connectivity index (χ2n) is 6.63. The molecule has 0 spiro atoms. The van der Waals surface area contributed by atoms with Crippen LogP contribution in [-0.2, 0) is 18.6 Å². The Balaban J connectivity index is 1.47. The predicted molar refractivity (Wildman–Crippen MR) is 104 cm³/mol. The van der Waals surface area contributed by atoms with Gasteiger partial charge in [0.2, 0.25) is 0 Å². The summed E-state index contributed by atoms with van der Waals surface area (Å²) in [4.78, 5) is 8.10. The van der Waals surface area contributed by atoms with E-state index in [1.54, 1.807) is 19.2 Å². The summed E-state index contributed by atoms with van der Waals surface area (Å²) in [5, 5.41) is 27.1. The molecule has 0 fully saturated rings. The van der Waals surface area contributed by atoms with E-state index in [1.807, 2.05) is 12.3 Å². The number of rotatable bonds is 6. The van der Waals surface area contributed by atoms with Gasteiger partial charge in [-0.15, -0.1) is 21.5 Å². The van der Waals surface area contributed by atoms with Crippen molar-refractivity contribution < 1.29 is 13.9 Å². The van der Waals surface area contributed by atoms with Crippen molar-refractivity contribution in [2.75, 3.05) is 0 Å². The molecule has 150 valence electrons. The van der Waals surface area contributed by atoms with Gasteiger partial charge in [0.25, 0.3) is 0 Å². The van der Waals surface area contributed by atoms with Gasteiger partial charge in [-0.05, 0) is 19.9 Å². The van der Waals surface area contributed by atoms with E-state index in [-0.39, 0.29) is 12.2 Å². The standard InChI is InChI=1S/C18H16F2N6OS2/c1-10-9-28-16(22-10)18(2,27)17-24-23-15(29-17)6-12-3-4-26(25-12)8-14-13(20)5-11(19)7-21-14/h3-5,7,9,27H,6,8H2,1-2H3. The summed E-state index contributed by atoms with van der Waals surface area (Å²) in [7, 11) is 0. The number of hydrogen-bond acceptors (Lipinski definition) is 8. The molecule has 0 amide bonds. The molecule has 0 aliphatic heterocycles. The lowest BCUT2D eigenvalue weighted by Gasteiger charge is -2.16. The minimum atomic E-state index is -1.31. The topological polar surface area (TPSA) is 89.6 Å². The van der Waals surface area contributed by atoms with Crippen molar-refractivity contribution in [1.82, 2.24) is 29.9 Å². The largest absolute Gasteiger partial charge is 0.376 e. The van der Waals surface area contributed by atoms with Gasteiger partial charge in [-0.25, -0.2) is 13.8 Å². The summed E-state index contributed by atoms with van der Waals surface area (Å²) < 4.78 is 28.3. The van der Waals surface area contributed by atoms with Crippen LogP contribution < -0.4 is 0 Å². The van der Waals surface area contributed by atoms with Crippen molar-refractivity contribution >= 4 is 22.7 Å². The van der Waals surface area contributed by atoms with Gasteiger partial charge >= 0.3 is 0 Å². The Hall–Kier alpha value is -2.63. The minimum absolute atomic E-state index is 0.0889. The van der Waals surface area contributed by atoms with Crippen LogP contribution in [-0.4, -0.2) is 35.1 Å². The van der Waals surface area contributed by atoms with Gasteiger partial charge in [0.15, 0.2) is 10.6 Å². The first-order valence-corrected chi connectivity index (χ1v) is 10.3. The molecule has 4 heterocycles. The molecule has 1 atom stereocenters. The van der Waals surface area contributed by atoms with E-state index in [0.29, 0.717) is 27.1 Å². The quantitative estimate of drug-likeness (QED) is 0.502. The SMILES string of the molecule is Cc1csc(C(C)(O)c2nnc(Cc3ccn(Cc4ncc(F)cc4F)n3)s2)n1. The zero-order chi connectivity index (χ0) is 20.6. The van der Waals surface area contributed by atoms with Gasteiger partial charge in [-0.3, -0.25) is 9.67 Å². The van der Waals surface area contributed by atoms with Crippen LogP contribution in [0.3, 0.4) is 0 Å². The number of nitrogens with zero attached hydrogens (tertiary/aromatic N) is 6. The Kier molecular flexibility index (Phi) is 5.19. The Morgan fingerprint density at radius 3 is 2.79 bits per heavy atom. The number of aryl methyl sites for hydroxylation is 1. The van der Waals surface area contributed by atoms with E-state index in [2.05, 4.69) is 25.3 Å². The molecule has 0 saturated carbocycles. The fourth-order valence-corrected chi connectivity index (χ4v) is 4.47. The van der Waals surface area contributed by atoms with Crippen molar-refractivity contribution in [3.05, 3.63) is 73.6 Å². The molecule has 4 aromatic heterocycles. The van der Waals surface area contributed by atoms with Crippen LogP contribution in [0.2, 0.25) is 0 Å². The van der Waals surface area contributed by atoms with Gasteiger partial charge in [0, 0.05) is 29.8 Å². The van der Waals surface area contributed by atoms with Crippen LogP contribution >= 0.6 is 22.7 Å². The monoisotopic (exact) mass is 434 g/mol. The van der Waals surface area contributed by atoms with Gasteiger partial charge in [0.05, 0.1) is 24.1 Å². The average Bonchev–Trinajstić information content (AvgIpc) is 3.40. The molecule has 4 aromatic rings. The molecular formula is C18H16F2N6OS2. The highest BCUT2D eigenvalue weighted by Crippen LogP contribution is 2.33.